The van der Waals surface area contributed by atoms with E-state index in [1.54, 1.807) is 0 Å². The van der Waals surface area contributed by atoms with E-state index in [0.29, 0.717) is 0 Å². The third-order valence-corrected chi connectivity index (χ3v) is 1.75. The summed E-state index contributed by atoms with van der Waals surface area (Å²) in [6.45, 7) is 0. The van der Waals surface area contributed by atoms with Crippen LogP contribution in [0.2, 0.25) is 0 Å². The number of rotatable bonds is 2. The summed E-state index contributed by atoms with van der Waals surface area (Å²) in [5.41, 5.74) is 0.0654. The molecule has 0 fully saturated rings. The topological polar surface area (TPSA) is 50.1 Å². The van der Waals surface area contributed by atoms with Gasteiger partial charge in [-0.2, -0.15) is 5.26 Å². The highest BCUT2D eigenvalue weighted by Gasteiger charge is 2.14. The lowest BCUT2D eigenvalue weighted by molar-refractivity contribution is 0.0595. The Kier molecular flexibility index (Phi) is 3.19. The van der Waals surface area contributed by atoms with Gasteiger partial charge in [-0.3, -0.25) is 0 Å². The summed E-state index contributed by atoms with van der Waals surface area (Å²) in [6, 6.07) is 6.12. The molecule has 0 heterocycles. The number of carbonyl (C=O) groups excluding carboxylic acids is 1. The number of carbonyl (C=O) groups is 1. The number of ether oxygens (including phenoxy) is 1. The number of methoxy groups -OCH3 is 1. The van der Waals surface area contributed by atoms with Crippen LogP contribution < -0.4 is 0 Å². The molecular weight excluding hydrogens is 185 g/mol. The van der Waals surface area contributed by atoms with Crippen LogP contribution in [0, 0.1) is 17.1 Å². The summed E-state index contributed by atoms with van der Waals surface area (Å²) in [5.74, 6) is -1.41. The molecule has 1 aromatic carbocycles. The average molecular weight is 193 g/mol. The third-order valence-electron chi connectivity index (χ3n) is 1.75. The van der Waals surface area contributed by atoms with E-state index in [9.17, 15) is 9.18 Å². The number of hydrogen-bond acceptors (Lipinski definition) is 3. The fourth-order valence-corrected chi connectivity index (χ4v) is 1.07. The van der Waals surface area contributed by atoms with Gasteiger partial charge in [-0.05, 0) is 6.07 Å². The van der Waals surface area contributed by atoms with Gasteiger partial charge in [0, 0.05) is 5.56 Å². The molecule has 0 aliphatic carbocycles. The van der Waals surface area contributed by atoms with E-state index in [2.05, 4.69) is 4.74 Å². The molecule has 0 N–H and O–H groups in total. The fourth-order valence-electron chi connectivity index (χ4n) is 1.07. The Morgan fingerprint density at radius 3 is 2.93 bits per heavy atom. The minimum atomic E-state index is -0.734. The molecule has 0 amide bonds. The quantitative estimate of drug-likeness (QED) is 0.671. The molecule has 3 nitrogen and oxygen atoms in total. The van der Waals surface area contributed by atoms with Crippen molar-refractivity contribution >= 4 is 5.97 Å². The second-order valence-electron chi connectivity index (χ2n) is 2.61. The molecule has 0 saturated carbocycles. The van der Waals surface area contributed by atoms with Crippen LogP contribution in [-0.4, -0.2) is 13.1 Å². The van der Waals surface area contributed by atoms with Crippen molar-refractivity contribution in [3.63, 3.8) is 0 Å². The number of benzene rings is 1. The normalized spacial score (nSPS) is 9.21. The van der Waals surface area contributed by atoms with Crippen molar-refractivity contribution in [2.24, 2.45) is 0 Å². The first kappa shape index (κ1) is 10.2. The van der Waals surface area contributed by atoms with Gasteiger partial charge in [0.1, 0.15) is 5.82 Å². The fraction of sp³-hybridized carbons (Fsp3) is 0.200. The van der Waals surface area contributed by atoms with Crippen LogP contribution in [0.15, 0.2) is 18.2 Å². The van der Waals surface area contributed by atoms with Gasteiger partial charge in [0.15, 0.2) is 0 Å². The first-order valence-electron chi connectivity index (χ1n) is 3.93. The number of halogens is 1. The SMILES string of the molecule is COC(=O)c1cccc(CC#N)c1F. The van der Waals surface area contributed by atoms with Crippen molar-refractivity contribution in [2.75, 3.05) is 7.11 Å². The van der Waals surface area contributed by atoms with E-state index in [1.807, 2.05) is 6.07 Å². The molecule has 0 aliphatic heterocycles. The Bertz CT molecular complexity index is 396. The van der Waals surface area contributed by atoms with E-state index in [-0.39, 0.29) is 17.5 Å². The largest absolute Gasteiger partial charge is 0.465 e. The van der Waals surface area contributed by atoms with Crippen LogP contribution >= 0.6 is 0 Å². The highest BCUT2D eigenvalue weighted by molar-refractivity contribution is 5.89. The minimum Gasteiger partial charge on any atom is -0.465 e. The van der Waals surface area contributed by atoms with Gasteiger partial charge in [0.2, 0.25) is 0 Å². The molecule has 0 radical (unpaired) electrons. The van der Waals surface area contributed by atoms with Crippen molar-refractivity contribution in [3.05, 3.63) is 35.1 Å². The van der Waals surface area contributed by atoms with Crippen LogP contribution in [0.3, 0.4) is 0 Å². The molecule has 0 aromatic heterocycles. The molecule has 0 spiro atoms. The zero-order valence-corrected chi connectivity index (χ0v) is 7.58. The Balaban J connectivity index is 3.15. The lowest BCUT2D eigenvalue weighted by atomic mass is 10.1. The molecule has 0 aliphatic rings. The van der Waals surface area contributed by atoms with Crippen molar-refractivity contribution in [1.29, 1.82) is 5.26 Å². The maximum atomic E-state index is 13.4. The van der Waals surface area contributed by atoms with Crippen molar-refractivity contribution < 1.29 is 13.9 Å². The Hall–Kier alpha value is -1.89. The van der Waals surface area contributed by atoms with E-state index < -0.39 is 11.8 Å². The number of esters is 1. The first-order valence-corrected chi connectivity index (χ1v) is 3.93. The molecule has 4 heteroatoms. The van der Waals surface area contributed by atoms with Crippen molar-refractivity contribution in [1.82, 2.24) is 0 Å². The molecule has 0 bridgehead atoms. The van der Waals surface area contributed by atoms with Crippen molar-refractivity contribution in [3.8, 4) is 6.07 Å². The summed E-state index contributed by atoms with van der Waals surface area (Å²) >= 11 is 0. The van der Waals surface area contributed by atoms with Gasteiger partial charge in [-0.25, -0.2) is 9.18 Å². The van der Waals surface area contributed by atoms with Crippen molar-refractivity contribution in [2.45, 2.75) is 6.42 Å². The summed E-state index contributed by atoms with van der Waals surface area (Å²) in [6.07, 6.45) is -0.0589. The summed E-state index contributed by atoms with van der Waals surface area (Å²) in [4.78, 5) is 11.0. The molecular formula is C10H8FNO2. The minimum absolute atomic E-state index is 0.0589. The highest BCUT2D eigenvalue weighted by atomic mass is 19.1. The zero-order chi connectivity index (χ0) is 10.6. The smallest absolute Gasteiger partial charge is 0.340 e. The van der Waals surface area contributed by atoms with E-state index >= 15 is 0 Å². The monoisotopic (exact) mass is 193 g/mol. The van der Waals surface area contributed by atoms with Crippen LogP contribution in [0.1, 0.15) is 15.9 Å². The van der Waals surface area contributed by atoms with Gasteiger partial charge in [-0.15, -0.1) is 0 Å². The van der Waals surface area contributed by atoms with Gasteiger partial charge in [0.05, 0.1) is 25.2 Å². The van der Waals surface area contributed by atoms with Gasteiger partial charge in [-0.1, -0.05) is 12.1 Å². The number of hydrogen-bond donors (Lipinski definition) is 0. The molecule has 0 unspecified atom stereocenters. The Morgan fingerprint density at radius 2 is 2.36 bits per heavy atom. The predicted molar refractivity (Wildman–Crippen MR) is 47.1 cm³/mol. The van der Waals surface area contributed by atoms with Crippen LogP contribution in [0.25, 0.3) is 0 Å². The maximum Gasteiger partial charge on any atom is 0.340 e. The third kappa shape index (κ3) is 1.88. The molecule has 1 aromatic rings. The van der Waals surface area contributed by atoms with E-state index in [1.165, 1.54) is 25.3 Å². The second-order valence-corrected chi connectivity index (χ2v) is 2.61. The zero-order valence-electron chi connectivity index (χ0n) is 7.58. The van der Waals surface area contributed by atoms with E-state index in [4.69, 9.17) is 5.26 Å². The average Bonchev–Trinajstić information content (AvgIpc) is 2.20. The molecule has 14 heavy (non-hydrogen) atoms. The summed E-state index contributed by atoms with van der Waals surface area (Å²) < 4.78 is 17.8. The lowest BCUT2D eigenvalue weighted by Gasteiger charge is -2.03. The molecule has 1 rings (SSSR count). The van der Waals surface area contributed by atoms with Gasteiger partial charge >= 0.3 is 5.97 Å². The highest BCUT2D eigenvalue weighted by Crippen LogP contribution is 2.14. The maximum absolute atomic E-state index is 13.4. The van der Waals surface area contributed by atoms with Crippen LogP contribution in [0.4, 0.5) is 4.39 Å². The first-order chi connectivity index (χ1) is 6.70. The standard InChI is InChI=1S/C10H8FNO2/c1-14-10(13)8-4-2-3-7(5-6-12)9(8)11/h2-4H,5H2,1H3. The van der Waals surface area contributed by atoms with Gasteiger partial charge < -0.3 is 4.74 Å². The molecule has 0 saturated heterocycles. The number of nitriles is 1. The van der Waals surface area contributed by atoms with Crippen LogP contribution in [-0.2, 0) is 11.2 Å². The number of nitrogens with zero attached hydrogens (tertiary/aromatic N) is 1. The lowest BCUT2D eigenvalue weighted by Crippen LogP contribution is -2.06. The van der Waals surface area contributed by atoms with Crippen LogP contribution in [0.5, 0.6) is 0 Å². The predicted octanol–water partition coefficient (Wildman–Crippen LogP) is 1.68. The van der Waals surface area contributed by atoms with Gasteiger partial charge in [0.25, 0.3) is 0 Å². The molecule has 0 atom stereocenters. The summed E-state index contributed by atoms with van der Waals surface area (Å²) in [5, 5.41) is 8.40. The Labute approximate surface area is 80.7 Å². The Morgan fingerprint density at radius 1 is 1.64 bits per heavy atom. The van der Waals surface area contributed by atoms with E-state index in [0.717, 1.165) is 0 Å². The molecule has 72 valence electrons. The summed E-state index contributed by atoms with van der Waals surface area (Å²) in [7, 11) is 1.18. The second kappa shape index (κ2) is 4.38.